The van der Waals surface area contributed by atoms with Crippen LogP contribution in [0.2, 0.25) is 0 Å². The van der Waals surface area contributed by atoms with Crippen LogP contribution in [0.15, 0.2) is 279 Å². The van der Waals surface area contributed by atoms with E-state index in [9.17, 15) is 0 Å². The van der Waals surface area contributed by atoms with Crippen LogP contribution in [0.3, 0.4) is 0 Å². The Hall–Kier alpha value is -10.4. The van der Waals surface area contributed by atoms with Gasteiger partial charge < -0.3 is 0 Å². The molecule has 0 radical (unpaired) electrons. The van der Waals surface area contributed by atoms with Gasteiger partial charge >= 0.3 is 0 Å². The highest BCUT2D eigenvalue weighted by atomic mass is 14.7. The highest BCUT2D eigenvalue weighted by molar-refractivity contribution is 6.23. The Morgan fingerprint density at radius 1 is 0.263 bits per heavy atom. The number of rotatable bonds is 9. The summed E-state index contributed by atoms with van der Waals surface area (Å²) >= 11 is 0. The summed E-state index contributed by atoms with van der Waals surface area (Å²) < 4.78 is 0. The maximum atomic E-state index is 5.03. The summed E-state index contributed by atoms with van der Waals surface area (Å²) in [6, 6.07) is 95.4. The summed E-state index contributed by atoms with van der Waals surface area (Å²) in [5, 5.41) is 14.8. The van der Waals surface area contributed by atoms with E-state index in [-0.39, 0.29) is 0 Å². The van der Waals surface area contributed by atoms with Crippen molar-refractivity contribution >= 4 is 64.6 Å². The van der Waals surface area contributed by atoms with Gasteiger partial charge in [-0.25, -0.2) is 0 Å². The highest BCUT2D eigenvalue weighted by Crippen LogP contribution is 2.46. The summed E-state index contributed by atoms with van der Waals surface area (Å²) in [6.45, 7) is 2.02. The summed E-state index contributed by atoms with van der Waals surface area (Å²) in [4.78, 5) is 14.3. The van der Waals surface area contributed by atoms with Crippen molar-refractivity contribution in [1.29, 1.82) is 0 Å². The molecule has 0 aliphatic rings. The molecule has 3 aromatic heterocycles. The standard InChI is InChI=1S/C77H51N3/c1-49-63(24-13-41-78-49)73-40-38-62(48-80-73)58-31-30-56-45-60(36-33-54(56)43-58)77-70-22-11-7-18-66(70)75(67-19-8-12-23-71(67)77)53-28-25-50(26-29-53)42-51-27-39-72(79-47-51)59-35-32-57-46-61(37-34-55(57)44-59)76-68-20-9-5-16-64(68)74(52-14-3-2-4-15-52)65-17-6-10-21-69(65)76/h2-41,43-48H,42H2,1H3. The molecule has 0 aliphatic carbocycles. The number of nitrogens with zero attached hydrogens (tertiary/aromatic N) is 3. The molecule has 80 heavy (non-hydrogen) atoms. The molecule has 0 N–H and O–H groups in total. The lowest BCUT2D eigenvalue weighted by Crippen LogP contribution is -1.93. The van der Waals surface area contributed by atoms with Crippen LogP contribution in [0, 0.1) is 6.92 Å². The Morgan fingerprint density at radius 3 is 1.12 bits per heavy atom. The first-order chi connectivity index (χ1) is 39.6. The van der Waals surface area contributed by atoms with Gasteiger partial charge in [0.25, 0.3) is 0 Å². The monoisotopic (exact) mass is 1020 g/mol. The molecule has 0 bridgehead atoms. The van der Waals surface area contributed by atoms with E-state index in [1.165, 1.54) is 120 Å². The quantitative estimate of drug-likeness (QED) is 0.135. The molecule has 3 heterocycles. The zero-order valence-corrected chi connectivity index (χ0v) is 44.1. The molecule has 3 heteroatoms. The molecule has 15 aromatic rings. The molecule has 12 aromatic carbocycles. The van der Waals surface area contributed by atoms with Gasteiger partial charge in [0.15, 0.2) is 0 Å². The van der Waals surface area contributed by atoms with E-state index in [1.54, 1.807) is 0 Å². The lowest BCUT2D eigenvalue weighted by molar-refractivity contribution is 1.15. The summed E-state index contributed by atoms with van der Waals surface area (Å²) in [5.41, 5.74) is 19.6. The first-order valence-electron chi connectivity index (χ1n) is 27.5. The Morgan fingerprint density at radius 2 is 0.650 bits per heavy atom. The second kappa shape index (κ2) is 19.6. The lowest BCUT2D eigenvalue weighted by atomic mass is 9.85. The van der Waals surface area contributed by atoms with Crippen molar-refractivity contribution in [3.8, 4) is 78.1 Å². The van der Waals surface area contributed by atoms with E-state index in [4.69, 9.17) is 9.97 Å². The van der Waals surface area contributed by atoms with Crippen LogP contribution >= 0.6 is 0 Å². The van der Waals surface area contributed by atoms with E-state index in [0.29, 0.717) is 0 Å². The third-order valence-electron chi connectivity index (χ3n) is 16.3. The predicted molar refractivity (Wildman–Crippen MR) is 337 cm³/mol. The van der Waals surface area contributed by atoms with Crippen LogP contribution in [0.1, 0.15) is 16.8 Å². The van der Waals surface area contributed by atoms with Crippen LogP contribution in [-0.2, 0) is 6.42 Å². The van der Waals surface area contributed by atoms with Crippen molar-refractivity contribution in [1.82, 2.24) is 15.0 Å². The minimum atomic E-state index is 0.794. The van der Waals surface area contributed by atoms with Gasteiger partial charge in [0.2, 0.25) is 0 Å². The molecule has 0 aliphatic heterocycles. The smallest absolute Gasteiger partial charge is 0.0720 e. The zero-order valence-electron chi connectivity index (χ0n) is 44.1. The van der Waals surface area contributed by atoms with Gasteiger partial charge in [0.1, 0.15) is 0 Å². The minimum absolute atomic E-state index is 0.794. The van der Waals surface area contributed by atoms with Crippen LogP contribution in [-0.4, -0.2) is 15.0 Å². The van der Waals surface area contributed by atoms with E-state index >= 15 is 0 Å². The van der Waals surface area contributed by atoms with E-state index in [0.717, 1.165) is 45.8 Å². The van der Waals surface area contributed by atoms with Crippen LogP contribution in [0.4, 0.5) is 0 Å². The summed E-state index contributed by atoms with van der Waals surface area (Å²) in [6.07, 6.45) is 6.63. The fourth-order valence-electron chi connectivity index (χ4n) is 12.5. The number of aryl methyl sites for hydroxylation is 1. The Kier molecular flexibility index (Phi) is 11.5. The number of pyridine rings is 3. The van der Waals surface area contributed by atoms with E-state index in [2.05, 4.69) is 260 Å². The molecule has 0 amide bonds. The van der Waals surface area contributed by atoms with Crippen molar-refractivity contribution in [2.24, 2.45) is 0 Å². The van der Waals surface area contributed by atoms with Gasteiger partial charge in [-0.05, 0) is 188 Å². The Bertz CT molecular complexity index is 4770. The van der Waals surface area contributed by atoms with Crippen molar-refractivity contribution < 1.29 is 0 Å². The average Bonchev–Trinajstić information content (AvgIpc) is 3.58. The molecule has 0 atom stereocenters. The minimum Gasteiger partial charge on any atom is -0.261 e. The molecule has 0 saturated carbocycles. The lowest BCUT2D eigenvalue weighted by Gasteiger charge is -2.18. The number of benzene rings is 12. The third-order valence-corrected chi connectivity index (χ3v) is 16.3. The van der Waals surface area contributed by atoms with Crippen molar-refractivity contribution in [3.05, 3.63) is 296 Å². The topological polar surface area (TPSA) is 38.7 Å². The molecule has 3 nitrogen and oxygen atoms in total. The second-order valence-electron chi connectivity index (χ2n) is 21.1. The molecule has 0 unspecified atom stereocenters. The van der Waals surface area contributed by atoms with Crippen LogP contribution in [0.5, 0.6) is 0 Å². The normalized spacial score (nSPS) is 11.6. The van der Waals surface area contributed by atoms with Crippen LogP contribution in [0.25, 0.3) is 143 Å². The molecule has 0 fully saturated rings. The fraction of sp³-hybridized carbons (Fsp3) is 0.0260. The first kappa shape index (κ1) is 46.9. The SMILES string of the molecule is Cc1ncccc1-c1ccc(-c2ccc3cc(-c4c5ccccc5c(-c5ccc(Cc6ccc(-c7ccc8cc(-c9c%10ccccc%10c(-c%10ccccc%10)c%10ccccc9%10)ccc8c7)nc6)cc5)c5ccccc45)ccc3c2)cn1. The van der Waals surface area contributed by atoms with Gasteiger partial charge in [-0.1, -0.05) is 212 Å². The predicted octanol–water partition coefficient (Wildman–Crippen LogP) is 20.4. The summed E-state index contributed by atoms with van der Waals surface area (Å²) in [5.74, 6) is 0. The first-order valence-corrected chi connectivity index (χ1v) is 27.5. The molecule has 0 saturated heterocycles. The molecule has 15 rings (SSSR count). The number of hydrogen-bond donors (Lipinski definition) is 0. The largest absolute Gasteiger partial charge is 0.261 e. The molecular weight excluding hydrogens is 967 g/mol. The van der Waals surface area contributed by atoms with Gasteiger partial charge in [-0.15, -0.1) is 0 Å². The number of fused-ring (bicyclic) bond motifs is 6. The maximum Gasteiger partial charge on any atom is 0.0720 e. The second-order valence-corrected chi connectivity index (χ2v) is 21.1. The Labute approximate surface area is 464 Å². The summed E-state index contributed by atoms with van der Waals surface area (Å²) in [7, 11) is 0. The van der Waals surface area contributed by atoms with Crippen molar-refractivity contribution in [3.63, 3.8) is 0 Å². The van der Waals surface area contributed by atoms with Gasteiger partial charge in [0.05, 0.1) is 11.4 Å². The van der Waals surface area contributed by atoms with Gasteiger partial charge in [-0.2, -0.15) is 0 Å². The van der Waals surface area contributed by atoms with Crippen LogP contribution < -0.4 is 0 Å². The molecular formula is C77H51N3. The fourth-order valence-corrected chi connectivity index (χ4v) is 12.5. The van der Waals surface area contributed by atoms with Gasteiger partial charge in [0, 0.05) is 41.0 Å². The molecule has 0 spiro atoms. The van der Waals surface area contributed by atoms with Crippen molar-refractivity contribution in [2.75, 3.05) is 0 Å². The highest BCUT2D eigenvalue weighted by Gasteiger charge is 2.19. The Balaban J connectivity index is 0.689. The zero-order chi connectivity index (χ0) is 53.1. The van der Waals surface area contributed by atoms with E-state index in [1.807, 2.05) is 31.6 Å². The third kappa shape index (κ3) is 8.27. The van der Waals surface area contributed by atoms with Gasteiger partial charge in [-0.3, -0.25) is 15.0 Å². The molecule has 374 valence electrons. The van der Waals surface area contributed by atoms with Crippen molar-refractivity contribution in [2.45, 2.75) is 13.3 Å². The average molecular weight is 1020 g/mol. The maximum absolute atomic E-state index is 5.03. The van der Waals surface area contributed by atoms with E-state index < -0.39 is 0 Å². The number of aromatic nitrogens is 3. The number of hydrogen-bond acceptors (Lipinski definition) is 3.